The number of nitrogens with zero attached hydrogens (tertiary/aromatic N) is 1. The van der Waals surface area contributed by atoms with Crippen molar-refractivity contribution in [2.24, 2.45) is 0 Å². The summed E-state index contributed by atoms with van der Waals surface area (Å²) >= 11 is 7.62. The number of halogens is 2. The number of rotatable bonds is 9. The van der Waals surface area contributed by atoms with E-state index in [0.29, 0.717) is 10.8 Å². The van der Waals surface area contributed by atoms with E-state index < -0.39 is 6.04 Å². The van der Waals surface area contributed by atoms with E-state index >= 15 is 0 Å². The van der Waals surface area contributed by atoms with Crippen LogP contribution in [0.2, 0.25) is 5.02 Å². The minimum Gasteiger partial charge on any atom is -0.352 e. The highest BCUT2D eigenvalue weighted by atomic mass is 35.5. The van der Waals surface area contributed by atoms with Gasteiger partial charge in [0.1, 0.15) is 11.9 Å². The van der Waals surface area contributed by atoms with Crippen LogP contribution in [-0.4, -0.2) is 34.6 Å². The number of carbonyl (C=O) groups is 2. The van der Waals surface area contributed by atoms with Crippen LogP contribution in [0.3, 0.4) is 0 Å². The number of hydrogen-bond acceptors (Lipinski definition) is 3. The maximum atomic E-state index is 13.2. The summed E-state index contributed by atoms with van der Waals surface area (Å²) in [4.78, 5) is 27.0. The summed E-state index contributed by atoms with van der Waals surface area (Å²) in [6.45, 7) is 5.68. The van der Waals surface area contributed by atoms with E-state index in [4.69, 9.17) is 11.6 Å². The molecule has 2 aromatic rings. The second kappa shape index (κ2) is 11.2. The highest BCUT2D eigenvalue weighted by molar-refractivity contribution is 7.99. The molecule has 0 bridgehead atoms. The Labute approximate surface area is 180 Å². The van der Waals surface area contributed by atoms with E-state index in [1.165, 1.54) is 28.8 Å². The Morgan fingerprint density at radius 3 is 2.38 bits per heavy atom. The van der Waals surface area contributed by atoms with Gasteiger partial charge in [0, 0.05) is 23.4 Å². The van der Waals surface area contributed by atoms with Gasteiger partial charge in [-0.05, 0) is 50.1 Å². The highest BCUT2D eigenvalue weighted by Crippen LogP contribution is 2.21. The molecular formula is C22H26ClFN2O2S. The van der Waals surface area contributed by atoms with Crippen molar-refractivity contribution >= 4 is 35.2 Å². The molecule has 4 nitrogen and oxygen atoms in total. The van der Waals surface area contributed by atoms with Gasteiger partial charge in [-0.15, -0.1) is 11.8 Å². The van der Waals surface area contributed by atoms with Gasteiger partial charge in [-0.2, -0.15) is 0 Å². The topological polar surface area (TPSA) is 49.4 Å². The van der Waals surface area contributed by atoms with Gasteiger partial charge in [-0.25, -0.2) is 4.39 Å². The summed E-state index contributed by atoms with van der Waals surface area (Å²) in [5.41, 5.74) is 1.72. The first kappa shape index (κ1) is 23.2. The first-order chi connectivity index (χ1) is 13.8. The summed E-state index contributed by atoms with van der Waals surface area (Å²) in [6.07, 6.45) is 0. The third kappa shape index (κ3) is 7.37. The molecule has 1 N–H and O–H groups in total. The summed E-state index contributed by atoms with van der Waals surface area (Å²) < 4.78 is 13.2. The lowest BCUT2D eigenvalue weighted by molar-refractivity contribution is -0.138. The van der Waals surface area contributed by atoms with Crippen molar-refractivity contribution in [1.82, 2.24) is 10.2 Å². The first-order valence-electron chi connectivity index (χ1n) is 9.43. The van der Waals surface area contributed by atoms with Crippen LogP contribution in [-0.2, 0) is 21.9 Å². The Bertz CT molecular complexity index is 830. The van der Waals surface area contributed by atoms with E-state index in [1.54, 1.807) is 19.1 Å². The second-order valence-corrected chi connectivity index (χ2v) is 8.46. The summed E-state index contributed by atoms with van der Waals surface area (Å²) in [5, 5.41) is 3.51. The first-order valence-corrected chi connectivity index (χ1v) is 11.0. The Hall–Kier alpha value is -2.05. The molecule has 0 aromatic heterocycles. The largest absolute Gasteiger partial charge is 0.352 e. The Kier molecular flexibility index (Phi) is 8.99. The summed E-state index contributed by atoms with van der Waals surface area (Å²) in [7, 11) is 0. The lowest BCUT2D eigenvalue weighted by Gasteiger charge is -2.29. The molecule has 0 unspecified atom stereocenters. The van der Waals surface area contributed by atoms with Crippen molar-refractivity contribution in [2.75, 3.05) is 5.75 Å². The average Bonchev–Trinajstić information content (AvgIpc) is 2.68. The summed E-state index contributed by atoms with van der Waals surface area (Å²) in [5.74, 6) is 0.102. The SMILES string of the molecule is CC(C)NC(=O)[C@H](C)N(Cc1ccc(F)cc1)C(=O)CSCc1ccccc1Cl. The molecule has 2 rings (SSSR count). The number of thioether (sulfide) groups is 1. The van der Waals surface area contributed by atoms with Crippen LogP contribution < -0.4 is 5.32 Å². The van der Waals surface area contributed by atoms with Gasteiger partial charge in [0.15, 0.2) is 0 Å². The Morgan fingerprint density at radius 1 is 1.10 bits per heavy atom. The lowest BCUT2D eigenvalue weighted by atomic mass is 10.1. The predicted octanol–water partition coefficient (Wildman–Crippen LogP) is 4.65. The van der Waals surface area contributed by atoms with Crippen LogP contribution in [0.25, 0.3) is 0 Å². The van der Waals surface area contributed by atoms with Crippen LogP contribution in [0.15, 0.2) is 48.5 Å². The van der Waals surface area contributed by atoms with Crippen molar-refractivity contribution < 1.29 is 14.0 Å². The number of hydrogen-bond donors (Lipinski definition) is 1. The maximum Gasteiger partial charge on any atom is 0.242 e. The minimum absolute atomic E-state index is 0.0256. The van der Waals surface area contributed by atoms with Crippen LogP contribution in [0, 0.1) is 5.82 Å². The fourth-order valence-corrected chi connectivity index (χ4v) is 3.92. The molecule has 7 heteroatoms. The van der Waals surface area contributed by atoms with Crippen LogP contribution >= 0.6 is 23.4 Å². The van der Waals surface area contributed by atoms with E-state index in [1.807, 2.05) is 38.1 Å². The van der Waals surface area contributed by atoms with Crippen LogP contribution in [0.5, 0.6) is 0 Å². The predicted molar refractivity (Wildman–Crippen MR) is 117 cm³/mol. The smallest absolute Gasteiger partial charge is 0.242 e. The minimum atomic E-state index is -0.643. The maximum absolute atomic E-state index is 13.2. The third-order valence-electron chi connectivity index (χ3n) is 4.31. The van der Waals surface area contributed by atoms with Gasteiger partial charge in [-0.1, -0.05) is 41.9 Å². The monoisotopic (exact) mass is 436 g/mol. The van der Waals surface area contributed by atoms with E-state index in [9.17, 15) is 14.0 Å². The van der Waals surface area contributed by atoms with Gasteiger partial charge >= 0.3 is 0 Å². The number of amides is 2. The van der Waals surface area contributed by atoms with Gasteiger partial charge in [-0.3, -0.25) is 9.59 Å². The highest BCUT2D eigenvalue weighted by Gasteiger charge is 2.26. The zero-order valence-corrected chi connectivity index (χ0v) is 18.4. The molecule has 2 amide bonds. The fraction of sp³-hybridized carbons (Fsp3) is 0.364. The molecule has 0 saturated heterocycles. The number of nitrogens with one attached hydrogen (secondary N) is 1. The molecule has 29 heavy (non-hydrogen) atoms. The normalized spacial score (nSPS) is 11.9. The fourth-order valence-electron chi connectivity index (χ4n) is 2.72. The number of benzene rings is 2. The van der Waals surface area contributed by atoms with Crippen molar-refractivity contribution in [1.29, 1.82) is 0 Å². The van der Waals surface area contributed by atoms with Gasteiger partial charge in [0.05, 0.1) is 5.75 Å². The van der Waals surface area contributed by atoms with E-state index in [2.05, 4.69) is 5.32 Å². The molecule has 0 spiro atoms. The molecule has 0 fully saturated rings. The van der Waals surface area contributed by atoms with E-state index in [-0.39, 0.29) is 36.0 Å². The number of carbonyl (C=O) groups excluding carboxylic acids is 2. The molecule has 0 heterocycles. The second-order valence-electron chi connectivity index (χ2n) is 7.07. The molecule has 0 radical (unpaired) electrons. The third-order valence-corrected chi connectivity index (χ3v) is 5.64. The van der Waals surface area contributed by atoms with Crippen molar-refractivity contribution in [2.45, 2.75) is 45.2 Å². The summed E-state index contributed by atoms with van der Waals surface area (Å²) in [6, 6.07) is 12.8. The van der Waals surface area contributed by atoms with Crippen molar-refractivity contribution in [3.63, 3.8) is 0 Å². The van der Waals surface area contributed by atoms with Crippen LogP contribution in [0.4, 0.5) is 4.39 Å². The van der Waals surface area contributed by atoms with Crippen molar-refractivity contribution in [3.05, 3.63) is 70.5 Å². The van der Waals surface area contributed by atoms with E-state index in [0.717, 1.165) is 11.1 Å². The molecule has 0 saturated carbocycles. The zero-order chi connectivity index (χ0) is 21.4. The lowest BCUT2D eigenvalue weighted by Crippen LogP contribution is -2.49. The Morgan fingerprint density at radius 2 is 1.76 bits per heavy atom. The van der Waals surface area contributed by atoms with Crippen LogP contribution in [0.1, 0.15) is 31.9 Å². The molecule has 156 valence electrons. The molecule has 2 aromatic carbocycles. The van der Waals surface area contributed by atoms with Gasteiger partial charge in [0.2, 0.25) is 11.8 Å². The molecule has 0 aliphatic rings. The zero-order valence-electron chi connectivity index (χ0n) is 16.8. The standard InChI is InChI=1S/C22H26ClFN2O2S/c1-15(2)25-22(28)16(3)26(12-17-8-10-19(24)11-9-17)21(27)14-29-13-18-6-4-5-7-20(18)23/h4-11,15-16H,12-14H2,1-3H3,(H,25,28)/t16-/m0/s1. The molecule has 0 aliphatic heterocycles. The van der Waals surface area contributed by atoms with Gasteiger partial charge in [0.25, 0.3) is 0 Å². The molecule has 0 aliphatic carbocycles. The molecular weight excluding hydrogens is 411 g/mol. The quantitative estimate of drug-likeness (QED) is 0.622. The average molecular weight is 437 g/mol. The van der Waals surface area contributed by atoms with Gasteiger partial charge < -0.3 is 10.2 Å². The molecule has 1 atom stereocenters. The Balaban J connectivity index is 2.07. The van der Waals surface area contributed by atoms with Crippen molar-refractivity contribution in [3.8, 4) is 0 Å².